The molecule has 4 rings (SSSR count). The first-order chi connectivity index (χ1) is 11.3. The van der Waals surface area contributed by atoms with Gasteiger partial charge in [0.05, 0.1) is 10.2 Å². The first-order valence-electron chi connectivity index (χ1n) is 7.12. The summed E-state index contributed by atoms with van der Waals surface area (Å²) < 4.78 is 6.76. The third-order valence-corrected chi connectivity index (χ3v) is 4.42. The molecule has 4 aromatic rings. The fraction of sp³-hybridized carbons (Fsp3) is 0. The van der Waals surface area contributed by atoms with Crippen LogP contribution in [-0.4, -0.2) is 10.9 Å². The number of rotatable bonds is 3. The van der Waals surface area contributed by atoms with Crippen molar-refractivity contribution >= 4 is 33.1 Å². The number of carbonyl (C=O) groups is 1. The van der Waals surface area contributed by atoms with Crippen LogP contribution < -0.4 is 5.32 Å². The predicted molar refractivity (Wildman–Crippen MR) is 91.7 cm³/mol. The second-order valence-electron chi connectivity index (χ2n) is 4.97. The van der Waals surface area contributed by atoms with E-state index in [1.807, 2.05) is 54.6 Å². The molecular weight excluding hydrogens is 308 g/mol. The van der Waals surface area contributed by atoms with Crippen molar-refractivity contribution in [3.05, 3.63) is 72.5 Å². The number of fused-ring (bicyclic) bond motifs is 1. The summed E-state index contributed by atoms with van der Waals surface area (Å²) in [4.78, 5) is 16.7. The minimum absolute atomic E-state index is 0.267. The first kappa shape index (κ1) is 13.7. The van der Waals surface area contributed by atoms with Crippen molar-refractivity contribution in [3.63, 3.8) is 0 Å². The summed E-state index contributed by atoms with van der Waals surface area (Å²) in [5.74, 6) is 0.594. The van der Waals surface area contributed by atoms with Gasteiger partial charge in [0.25, 0.3) is 5.91 Å². The standard InChI is InChI=1S/C18H12N2O2S/c21-17(19-12-6-2-1-3-7-12)14-10-11-15(22-14)18-20-13-8-4-5-9-16(13)23-18/h1-11H,(H,19,21). The third-order valence-electron chi connectivity index (χ3n) is 3.37. The lowest BCUT2D eigenvalue weighted by Crippen LogP contribution is -2.10. The molecule has 0 spiro atoms. The Balaban J connectivity index is 1.60. The van der Waals surface area contributed by atoms with E-state index in [4.69, 9.17) is 4.42 Å². The predicted octanol–water partition coefficient (Wildman–Crippen LogP) is 4.81. The van der Waals surface area contributed by atoms with Gasteiger partial charge in [0.1, 0.15) is 0 Å². The van der Waals surface area contributed by atoms with E-state index in [-0.39, 0.29) is 11.7 Å². The zero-order valence-corrected chi connectivity index (χ0v) is 12.8. The van der Waals surface area contributed by atoms with E-state index in [1.54, 1.807) is 23.5 Å². The Kier molecular flexibility index (Phi) is 3.40. The van der Waals surface area contributed by atoms with Gasteiger partial charge in [-0.3, -0.25) is 4.79 Å². The van der Waals surface area contributed by atoms with Gasteiger partial charge in [0, 0.05) is 5.69 Å². The van der Waals surface area contributed by atoms with Gasteiger partial charge >= 0.3 is 0 Å². The van der Waals surface area contributed by atoms with Crippen molar-refractivity contribution in [1.82, 2.24) is 4.98 Å². The third kappa shape index (κ3) is 2.74. The molecule has 0 saturated carbocycles. The summed E-state index contributed by atoms with van der Waals surface area (Å²) in [6.45, 7) is 0. The van der Waals surface area contributed by atoms with Crippen molar-refractivity contribution in [3.8, 4) is 10.8 Å². The van der Waals surface area contributed by atoms with Gasteiger partial charge in [-0.2, -0.15) is 0 Å². The zero-order valence-electron chi connectivity index (χ0n) is 12.0. The summed E-state index contributed by atoms with van der Waals surface area (Å²) in [5.41, 5.74) is 1.66. The molecular formula is C18H12N2O2S. The molecule has 1 N–H and O–H groups in total. The van der Waals surface area contributed by atoms with Gasteiger partial charge in [-0.1, -0.05) is 30.3 Å². The number of para-hydroxylation sites is 2. The van der Waals surface area contributed by atoms with Crippen LogP contribution in [0.1, 0.15) is 10.6 Å². The molecule has 1 amide bonds. The van der Waals surface area contributed by atoms with Gasteiger partial charge in [-0.15, -0.1) is 11.3 Å². The Hall–Kier alpha value is -2.92. The highest BCUT2D eigenvalue weighted by atomic mass is 32.1. The van der Waals surface area contributed by atoms with Gasteiger partial charge in [-0.05, 0) is 36.4 Å². The lowest BCUT2D eigenvalue weighted by atomic mass is 10.3. The second kappa shape index (κ2) is 5.70. The van der Waals surface area contributed by atoms with E-state index in [1.165, 1.54) is 0 Å². The van der Waals surface area contributed by atoms with Gasteiger partial charge < -0.3 is 9.73 Å². The van der Waals surface area contributed by atoms with Crippen LogP contribution in [0.25, 0.3) is 21.0 Å². The highest BCUT2D eigenvalue weighted by Gasteiger charge is 2.15. The van der Waals surface area contributed by atoms with Gasteiger partial charge in [0.15, 0.2) is 16.5 Å². The SMILES string of the molecule is O=C(Nc1ccccc1)c1ccc(-c2nc3ccccc3s2)o1. The molecule has 112 valence electrons. The Morgan fingerprint density at radius 3 is 2.57 bits per heavy atom. The summed E-state index contributed by atoms with van der Waals surface area (Å²) in [6, 6.07) is 20.6. The van der Waals surface area contributed by atoms with Crippen LogP contribution in [0.5, 0.6) is 0 Å². The maximum atomic E-state index is 12.2. The number of anilines is 1. The Labute approximate surface area is 136 Å². The number of amides is 1. The first-order valence-corrected chi connectivity index (χ1v) is 7.93. The van der Waals surface area contributed by atoms with Crippen molar-refractivity contribution < 1.29 is 9.21 Å². The highest BCUT2D eigenvalue weighted by molar-refractivity contribution is 7.21. The van der Waals surface area contributed by atoms with E-state index >= 15 is 0 Å². The maximum Gasteiger partial charge on any atom is 0.291 e. The van der Waals surface area contributed by atoms with E-state index < -0.39 is 0 Å². The van der Waals surface area contributed by atoms with Crippen LogP contribution in [0.4, 0.5) is 5.69 Å². The van der Waals surface area contributed by atoms with Gasteiger partial charge in [0.2, 0.25) is 0 Å². The molecule has 0 unspecified atom stereocenters. The molecule has 2 aromatic carbocycles. The van der Waals surface area contributed by atoms with Crippen molar-refractivity contribution in [1.29, 1.82) is 0 Å². The molecule has 2 heterocycles. The summed E-state index contributed by atoms with van der Waals surface area (Å²) in [5, 5.41) is 3.57. The van der Waals surface area contributed by atoms with E-state index in [0.29, 0.717) is 5.76 Å². The van der Waals surface area contributed by atoms with Crippen molar-refractivity contribution in [2.24, 2.45) is 0 Å². The van der Waals surface area contributed by atoms with E-state index in [2.05, 4.69) is 10.3 Å². The Bertz CT molecular complexity index is 940. The van der Waals surface area contributed by atoms with Crippen LogP contribution in [0.15, 0.2) is 71.1 Å². The number of nitrogens with zero attached hydrogens (tertiary/aromatic N) is 1. The quantitative estimate of drug-likeness (QED) is 0.589. The molecule has 0 bridgehead atoms. The molecule has 2 aromatic heterocycles. The molecule has 0 saturated heterocycles. The number of thiazole rings is 1. The number of carbonyl (C=O) groups excluding carboxylic acids is 1. The van der Waals surface area contributed by atoms with Crippen LogP contribution in [0, 0.1) is 0 Å². The second-order valence-corrected chi connectivity index (χ2v) is 6.00. The molecule has 0 atom stereocenters. The monoisotopic (exact) mass is 320 g/mol. The van der Waals surface area contributed by atoms with Crippen LogP contribution in [0.3, 0.4) is 0 Å². The maximum absolute atomic E-state index is 12.2. The summed E-state index contributed by atoms with van der Waals surface area (Å²) in [7, 11) is 0. The fourth-order valence-electron chi connectivity index (χ4n) is 2.27. The molecule has 0 radical (unpaired) electrons. The van der Waals surface area contributed by atoms with Crippen molar-refractivity contribution in [2.45, 2.75) is 0 Å². The lowest BCUT2D eigenvalue weighted by molar-refractivity contribution is 0.0997. The number of furan rings is 1. The molecule has 0 aliphatic carbocycles. The van der Waals surface area contributed by atoms with Crippen LogP contribution in [0.2, 0.25) is 0 Å². The lowest BCUT2D eigenvalue weighted by Gasteiger charge is -2.01. The molecule has 0 aliphatic rings. The highest BCUT2D eigenvalue weighted by Crippen LogP contribution is 2.31. The number of benzene rings is 2. The zero-order chi connectivity index (χ0) is 15.6. The summed E-state index contributed by atoms with van der Waals surface area (Å²) >= 11 is 1.54. The average molecular weight is 320 g/mol. The van der Waals surface area contributed by atoms with Gasteiger partial charge in [-0.25, -0.2) is 4.98 Å². The largest absolute Gasteiger partial charge is 0.448 e. The molecule has 5 heteroatoms. The molecule has 0 fully saturated rings. The molecule has 4 nitrogen and oxygen atoms in total. The van der Waals surface area contributed by atoms with E-state index in [0.717, 1.165) is 20.9 Å². The van der Waals surface area contributed by atoms with E-state index in [9.17, 15) is 4.79 Å². The number of hydrogen-bond donors (Lipinski definition) is 1. The number of nitrogens with one attached hydrogen (secondary N) is 1. The smallest absolute Gasteiger partial charge is 0.291 e. The number of hydrogen-bond acceptors (Lipinski definition) is 4. The minimum atomic E-state index is -0.274. The Morgan fingerprint density at radius 2 is 1.74 bits per heavy atom. The number of aromatic nitrogens is 1. The summed E-state index contributed by atoms with van der Waals surface area (Å²) in [6.07, 6.45) is 0. The van der Waals surface area contributed by atoms with Crippen LogP contribution >= 0.6 is 11.3 Å². The average Bonchev–Trinajstić information content (AvgIpc) is 3.22. The minimum Gasteiger partial charge on any atom is -0.448 e. The van der Waals surface area contributed by atoms with Crippen LogP contribution in [-0.2, 0) is 0 Å². The molecule has 0 aliphatic heterocycles. The normalized spacial score (nSPS) is 10.8. The Morgan fingerprint density at radius 1 is 0.957 bits per heavy atom. The fourth-order valence-corrected chi connectivity index (χ4v) is 3.19. The topological polar surface area (TPSA) is 55.1 Å². The van der Waals surface area contributed by atoms with Crippen molar-refractivity contribution in [2.75, 3.05) is 5.32 Å². The molecule has 23 heavy (non-hydrogen) atoms.